The lowest BCUT2D eigenvalue weighted by atomic mass is 10.4. The minimum atomic E-state index is 0.411. The van der Waals surface area contributed by atoms with Crippen LogP contribution in [0.3, 0.4) is 0 Å². The molecule has 0 aliphatic heterocycles. The van der Waals surface area contributed by atoms with Crippen LogP contribution in [-0.2, 0) is 4.79 Å². The fraction of sp³-hybridized carbons (Fsp3) is 0. The van der Waals surface area contributed by atoms with Crippen molar-refractivity contribution in [2.75, 3.05) is 5.32 Å². The first-order chi connectivity index (χ1) is 6.33. The summed E-state index contributed by atoms with van der Waals surface area (Å²) >= 11 is 7.22. The molecule has 0 radical (unpaired) electrons. The molecule has 0 atom stereocenters. The van der Waals surface area contributed by atoms with Gasteiger partial charge in [0.2, 0.25) is 6.41 Å². The topological polar surface area (TPSA) is 54.9 Å². The van der Waals surface area contributed by atoms with Crippen molar-refractivity contribution in [1.82, 2.24) is 9.97 Å². The number of fused-ring (bicyclic) bond motifs is 1. The summed E-state index contributed by atoms with van der Waals surface area (Å²) in [6.45, 7) is 0. The van der Waals surface area contributed by atoms with Crippen molar-refractivity contribution in [3.8, 4) is 0 Å². The van der Waals surface area contributed by atoms with Crippen LogP contribution in [0.2, 0.25) is 5.15 Å². The molecule has 1 amide bonds. The third kappa shape index (κ3) is 1.36. The number of nitrogens with one attached hydrogen (secondary N) is 1. The van der Waals surface area contributed by atoms with Crippen LogP contribution in [0.5, 0.6) is 0 Å². The van der Waals surface area contributed by atoms with Crippen molar-refractivity contribution in [2.24, 2.45) is 0 Å². The molecule has 0 fully saturated rings. The van der Waals surface area contributed by atoms with Crippen molar-refractivity contribution in [2.45, 2.75) is 0 Å². The summed E-state index contributed by atoms with van der Waals surface area (Å²) in [6.07, 6.45) is 1.98. The molecule has 0 aromatic carbocycles. The highest BCUT2D eigenvalue weighted by molar-refractivity contribution is 7.18. The zero-order valence-electron chi connectivity index (χ0n) is 6.32. The van der Waals surface area contributed by atoms with Gasteiger partial charge in [-0.15, -0.1) is 11.3 Å². The van der Waals surface area contributed by atoms with Crippen molar-refractivity contribution in [3.05, 3.63) is 16.9 Å². The summed E-state index contributed by atoms with van der Waals surface area (Å²) in [7, 11) is 0. The molecular weight excluding hydrogens is 210 g/mol. The van der Waals surface area contributed by atoms with Crippen molar-refractivity contribution >= 4 is 45.3 Å². The van der Waals surface area contributed by atoms with E-state index in [-0.39, 0.29) is 0 Å². The zero-order chi connectivity index (χ0) is 9.26. The van der Waals surface area contributed by atoms with Gasteiger partial charge in [0, 0.05) is 5.38 Å². The highest BCUT2D eigenvalue weighted by Gasteiger charge is 2.07. The number of hydrogen-bond acceptors (Lipinski definition) is 4. The Morgan fingerprint density at radius 2 is 2.38 bits per heavy atom. The lowest BCUT2D eigenvalue weighted by molar-refractivity contribution is -0.105. The van der Waals surface area contributed by atoms with Gasteiger partial charge in [-0.25, -0.2) is 9.97 Å². The van der Waals surface area contributed by atoms with Gasteiger partial charge >= 0.3 is 0 Å². The molecule has 0 bridgehead atoms. The van der Waals surface area contributed by atoms with Crippen LogP contribution in [0.25, 0.3) is 10.2 Å². The smallest absolute Gasteiger partial charge is 0.211 e. The molecule has 0 unspecified atom stereocenters. The van der Waals surface area contributed by atoms with E-state index >= 15 is 0 Å². The second-order valence-corrected chi connectivity index (χ2v) is 3.49. The van der Waals surface area contributed by atoms with E-state index in [1.165, 1.54) is 17.7 Å². The molecule has 0 aliphatic rings. The molecular formula is C7H4ClN3OS. The van der Waals surface area contributed by atoms with Crippen molar-refractivity contribution in [1.29, 1.82) is 0 Å². The third-order valence-electron chi connectivity index (χ3n) is 1.52. The van der Waals surface area contributed by atoms with Gasteiger partial charge in [-0.1, -0.05) is 11.6 Å². The summed E-state index contributed by atoms with van der Waals surface area (Å²) in [5.41, 5.74) is 1.34. The van der Waals surface area contributed by atoms with Gasteiger partial charge in [0.1, 0.15) is 17.0 Å². The summed E-state index contributed by atoms with van der Waals surface area (Å²) < 4.78 is 0.786. The fourth-order valence-corrected chi connectivity index (χ4v) is 2.09. The van der Waals surface area contributed by atoms with Crippen LogP contribution in [0.1, 0.15) is 0 Å². The maximum absolute atomic E-state index is 10.2. The predicted octanol–water partition coefficient (Wildman–Crippen LogP) is 1.91. The molecule has 2 aromatic heterocycles. The molecule has 2 heterocycles. The first-order valence-electron chi connectivity index (χ1n) is 3.41. The minimum Gasteiger partial charge on any atom is -0.326 e. The number of amides is 1. The van der Waals surface area contributed by atoms with Crippen LogP contribution in [-0.4, -0.2) is 16.4 Å². The molecule has 0 aliphatic carbocycles. The summed E-state index contributed by atoms with van der Waals surface area (Å²) in [5, 5.41) is 4.73. The highest BCUT2D eigenvalue weighted by Crippen LogP contribution is 2.31. The third-order valence-corrected chi connectivity index (χ3v) is 2.90. The number of nitrogens with zero attached hydrogens (tertiary/aromatic N) is 2. The van der Waals surface area contributed by atoms with Crippen LogP contribution in [0.4, 0.5) is 5.69 Å². The molecule has 2 aromatic rings. The Kier molecular flexibility index (Phi) is 2.12. The van der Waals surface area contributed by atoms with Crippen LogP contribution < -0.4 is 5.32 Å². The van der Waals surface area contributed by atoms with E-state index in [9.17, 15) is 4.79 Å². The van der Waals surface area contributed by atoms with E-state index in [0.717, 1.165) is 4.70 Å². The number of thiophene rings is 1. The second kappa shape index (κ2) is 3.27. The zero-order valence-corrected chi connectivity index (χ0v) is 7.89. The summed E-state index contributed by atoms with van der Waals surface area (Å²) in [6, 6.07) is 0. The number of rotatable bonds is 2. The fourth-order valence-electron chi connectivity index (χ4n) is 0.988. The van der Waals surface area contributed by atoms with Gasteiger partial charge in [0.25, 0.3) is 0 Å². The summed E-state index contributed by atoms with van der Waals surface area (Å²) in [4.78, 5) is 18.1. The molecule has 0 saturated carbocycles. The quantitative estimate of drug-likeness (QED) is 0.613. The number of hydrogen-bond donors (Lipinski definition) is 1. The number of halogens is 1. The number of carbonyl (C=O) groups excluding carboxylic acids is 1. The number of aromatic nitrogens is 2. The standard InChI is InChI=1S/C7H4ClN3OS/c8-7-6-5(9-2-10-7)4(1-13-6)11-3-12/h1-3H,(H,11,12). The number of carbonyl (C=O) groups is 1. The van der Waals surface area contributed by atoms with Crippen LogP contribution >= 0.6 is 22.9 Å². The highest BCUT2D eigenvalue weighted by atomic mass is 35.5. The van der Waals surface area contributed by atoms with E-state index in [1.54, 1.807) is 5.38 Å². The Hall–Kier alpha value is -1.20. The molecule has 13 heavy (non-hydrogen) atoms. The van der Waals surface area contributed by atoms with Gasteiger partial charge < -0.3 is 5.32 Å². The minimum absolute atomic E-state index is 0.411. The van der Waals surface area contributed by atoms with E-state index in [4.69, 9.17) is 11.6 Å². The SMILES string of the molecule is O=CNc1csc2c(Cl)ncnc12. The number of anilines is 1. The molecule has 0 saturated heterocycles. The first kappa shape index (κ1) is 8.40. The Morgan fingerprint density at radius 1 is 1.54 bits per heavy atom. The van der Waals surface area contributed by atoms with E-state index < -0.39 is 0 Å². The summed E-state index contributed by atoms with van der Waals surface area (Å²) in [5.74, 6) is 0. The average Bonchev–Trinajstić information content (AvgIpc) is 2.51. The van der Waals surface area contributed by atoms with Crippen LogP contribution in [0.15, 0.2) is 11.7 Å². The van der Waals surface area contributed by atoms with Gasteiger partial charge in [-0.2, -0.15) is 0 Å². The lowest BCUT2D eigenvalue weighted by Gasteiger charge is -1.94. The second-order valence-electron chi connectivity index (χ2n) is 2.25. The maximum Gasteiger partial charge on any atom is 0.211 e. The van der Waals surface area contributed by atoms with Gasteiger partial charge in [0.15, 0.2) is 0 Å². The van der Waals surface area contributed by atoms with Crippen molar-refractivity contribution in [3.63, 3.8) is 0 Å². The average molecular weight is 214 g/mol. The Labute approximate surface area is 82.6 Å². The molecule has 66 valence electrons. The molecule has 4 nitrogen and oxygen atoms in total. The Bertz CT molecular complexity index is 456. The normalized spacial score (nSPS) is 10.2. The van der Waals surface area contributed by atoms with Crippen molar-refractivity contribution < 1.29 is 4.79 Å². The van der Waals surface area contributed by atoms with Gasteiger partial charge in [-0.05, 0) is 0 Å². The predicted molar refractivity (Wildman–Crippen MR) is 52.1 cm³/mol. The Balaban J connectivity index is 2.67. The van der Waals surface area contributed by atoms with E-state index in [2.05, 4.69) is 15.3 Å². The van der Waals surface area contributed by atoms with E-state index in [1.807, 2.05) is 0 Å². The van der Waals surface area contributed by atoms with Crippen LogP contribution in [0, 0.1) is 0 Å². The molecule has 6 heteroatoms. The van der Waals surface area contributed by atoms with Gasteiger partial charge in [-0.3, -0.25) is 4.79 Å². The Morgan fingerprint density at radius 3 is 3.15 bits per heavy atom. The monoisotopic (exact) mass is 213 g/mol. The van der Waals surface area contributed by atoms with E-state index in [0.29, 0.717) is 22.8 Å². The first-order valence-corrected chi connectivity index (χ1v) is 4.66. The molecule has 2 rings (SSSR count). The lowest BCUT2D eigenvalue weighted by Crippen LogP contribution is -1.92. The largest absolute Gasteiger partial charge is 0.326 e. The van der Waals surface area contributed by atoms with Gasteiger partial charge in [0.05, 0.1) is 10.4 Å². The molecule has 1 N–H and O–H groups in total. The maximum atomic E-state index is 10.2. The molecule has 0 spiro atoms.